The third-order valence-corrected chi connectivity index (χ3v) is 2.55. The zero-order valence-corrected chi connectivity index (χ0v) is 10.9. The Morgan fingerprint density at radius 2 is 1.05 bits per heavy atom. The summed E-state index contributed by atoms with van der Waals surface area (Å²) < 4.78 is 0. The first-order valence-electron chi connectivity index (χ1n) is 5.58. The van der Waals surface area contributed by atoms with Gasteiger partial charge in [0, 0.05) is 0 Å². The first-order chi connectivity index (χ1) is 8.93. The summed E-state index contributed by atoms with van der Waals surface area (Å²) in [5.74, 6) is 0. The number of fused-ring (bicyclic) bond motifs is 2. The molecule has 0 aliphatic rings. The van der Waals surface area contributed by atoms with Gasteiger partial charge in [0.2, 0.25) is 0 Å². The van der Waals surface area contributed by atoms with E-state index in [0.717, 1.165) is 22.1 Å². The molecule has 0 aliphatic heterocycles. The summed E-state index contributed by atoms with van der Waals surface area (Å²) in [4.78, 5) is 16.0. The SMILES string of the molecule is [Co+2].c1ccc2[n-]cnc2c1.c1ccc2[n-]cnc2c1. The minimum Gasteiger partial charge on any atom is -0.443 e. The molecule has 4 aromatic rings. The van der Waals surface area contributed by atoms with Crippen LogP contribution in [-0.2, 0) is 16.8 Å². The van der Waals surface area contributed by atoms with Crippen LogP contribution < -0.4 is 9.97 Å². The maximum absolute atomic E-state index is 4.01. The minimum atomic E-state index is 0. The standard InChI is InChI=1S/2C7H5N2.Co/c2*1-2-4-7-6(3-1)8-5-9-7;/h2*1-5H;/q2*-1;+2. The predicted octanol–water partition coefficient (Wildman–Crippen LogP) is 2.38. The molecule has 0 unspecified atom stereocenters. The number of hydrogen-bond donors (Lipinski definition) is 0. The number of benzene rings is 2. The van der Waals surface area contributed by atoms with E-state index in [4.69, 9.17) is 0 Å². The van der Waals surface area contributed by atoms with Crippen LogP contribution in [0.4, 0.5) is 0 Å². The number of para-hydroxylation sites is 4. The monoisotopic (exact) mass is 293 g/mol. The summed E-state index contributed by atoms with van der Waals surface area (Å²) in [7, 11) is 0. The summed E-state index contributed by atoms with van der Waals surface area (Å²) in [5.41, 5.74) is 3.88. The number of rotatable bonds is 0. The molecule has 19 heavy (non-hydrogen) atoms. The quantitative estimate of drug-likeness (QED) is 0.499. The second kappa shape index (κ2) is 6.17. The fourth-order valence-electron chi connectivity index (χ4n) is 1.67. The van der Waals surface area contributed by atoms with Gasteiger partial charge in [-0.2, -0.15) is 0 Å². The zero-order chi connectivity index (χ0) is 12.2. The van der Waals surface area contributed by atoms with Crippen LogP contribution in [0.5, 0.6) is 0 Å². The van der Waals surface area contributed by atoms with Crippen molar-refractivity contribution in [3.05, 3.63) is 61.2 Å². The van der Waals surface area contributed by atoms with Crippen LogP contribution in [0.2, 0.25) is 0 Å². The molecule has 4 rings (SSSR count). The summed E-state index contributed by atoms with van der Waals surface area (Å²) in [5, 5.41) is 0. The zero-order valence-electron chi connectivity index (χ0n) is 9.90. The number of hydrogen-bond acceptors (Lipinski definition) is 2. The van der Waals surface area contributed by atoms with Gasteiger partial charge in [-0.25, -0.2) is 0 Å². The fourth-order valence-corrected chi connectivity index (χ4v) is 1.67. The fraction of sp³-hybridized carbons (Fsp3) is 0. The average Bonchev–Trinajstić information content (AvgIpc) is 3.08. The maximum Gasteiger partial charge on any atom is 2.00 e. The van der Waals surface area contributed by atoms with Crippen molar-refractivity contribution >= 4 is 22.1 Å². The number of aromatic nitrogens is 4. The number of nitrogens with zero attached hydrogens (tertiary/aromatic N) is 4. The molecule has 0 saturated carbocycles. The van der Waals surface area contributed by atoms with Crippen LogP contribution in [0.3, 0.4) is 0 Å². The molecular formula is C14H10CoN4. The molecule has 0 spiro atoms. The van der Waals surface area contributed by atoms with Crippen molar-refractivity contribution < 1.29 is 16.8 Å². The van der Waals surface area contributed by atoms with Gasteiger partial charge < -0.3 is 19.9 Å². The van der Waals surface area contributed by atoms with Gasteiger partial charge >= 0.3 is 16.8 Å². The second-order valence-electron chi connectivity index (χ2n) is 3.72. The van der Waals surface area contributed by atoms with E-state index in [1.54, 1.807) is 12.7 Å². The Morgan fingerprint density at radius 1 is 0.632 bits per heavy atom. The average molecular weight is 293 g/mol. The Balaban J connectivity index is 0.000000133. The van der Waals surface area contributed by atoms with Crippen LogP contribution in [0.15, 0.2) is 61.2 Å². The van der Waals surface area contributed by atoms with Crippen molar-refractivity contribution in [2.75, 3.05) is 0 Å². The third-order valence-electron chi connectivity index (χ3n) is 2.55. The largest absolute Gasteiger partial charge is 2.00 e. The van der Waals surface area contributed by atoms with Crippen LogP contribution >= 0.6 is 0 Å². The van der Waals surface area contributed by atoms with Crippen molar-refractivity contribution in [1.29, 1.82) is 0 Å². The van der Waals surface area contributed by atoms with Crippen LogP contribution in [0, 0.1) is 0 Å². The first-order valence-corrected chi connectivity index (χ1v) is 5.58. The summed E-state index contributed by atoms with van der Waals surface area (Å²) in [6.45, 7) is 0. The molecule has 0 saturated heterocycles. The van der Waals surface area contributed by atoms with Crippen LogP contribution in [-0.4, -0.2) is 9.97 Å². The smallest absolute Gasteiger partial charge is 0.443 e. The molecular weight excluding hydrogens is 283 g/mol. The molecule has 1 radical (unpaired) electrons. The van der Waals surface area contributed by atoms with E-state index < -0.39 is 0 Å². The Hall–Kier alpha value is -2.11. The molecule has 0 amide bonds. The van der Waals surface area contributed by atoms with Gasteiger partial charge in [0.05, 0.1) is 0 Å². The Morgan fingerprint density at radius 3 is 1.47 bits per heavy atom. The summed E-state index contributed by atoms with van der Waals surface area (Å²) >= 11 is 0. The Bertz CT molecular complexity index is 633. The van der Waals surface area contributed by atoms with E-state index in [2.05, 4.69) is 19.9 Å². The molecule has 0 aliphatic carbocycles. The molecule has 0 fully saturated rings. The van der Waals surface area contributed by atoms with Crippen molar-refractivity contribution in [3.8, 4) is 0 Å². The molecule has 0 atom stereocenters. The van der Waals surface area contributed by atoms with Crippen molar-refractivity contribution in [3.63, 3.8) is 0 Å². The normalized spacial score (nSPS) is 9.68. The van der Waals surface area contributed by atoms with Crippen molar-refractivity contribution in [2.45, 2.75) is 0 Å². The predicted molar refractivity (Wildman–Crippen MR) is 70.1 cm³/mol. The number of imidazole rings is 2. The van der Waals surface area contributed by atoms with Gasteiger partial charge in [0.1, 0.15) is 0 Å². The van der Waals surface area contributed by atoms with E-state index in [-0.39, 0.29) is 16.8 Å². The molecule has 2 aromatic heterocycles. The van der Waals surface area contributed by atoms with Crippen molar-refractivity contribution in [1.82, 2.24) is 19.9 Å². The van der Waals surface area contributed by atoms with E-state index in [1.807, 2.05) is 48.5 Å². The molecule has 95 valence electrons. The van der Waals surface area contributed by atoms with Gasteiger partial charge in [-0.15, -0.1) is 0 Å². The van der Waals surface area contributed by atoms with Gasteiger partial charge in [-0.05, 0) is 22.1 Å². The Labute approximate surface area is 120 Å². The van der Waals surface area contributed by atoms with E-state index >= 15 is 0 Å². The second-order valence-corrected chi connectivity index (χ2v) is 3.72. The van der Waals surface area contributed by atoms with E-state index in [0.29, 0.717) is 0 Å². The van der Waals surface area contributed by atoms with Gasteiger partial charge in [0.25, 0.3) is 0 Å². The van der Waals surface area contributed by atoms with Crippen LogP contribution in [0.25, 0.3) is 22.1 Å². The first kappa shape index (κ1) is 13.3. The molecule has 5 heteroatoms. The Kier molecular flexibility index (Phi) is 4.33. The molecule has 0 bridgehead atoms. The van der Waals surface area contributed by atoms with Gasteiger partial charge in [-0.1, -0.05) is 61.2 Å². The molecule has 2 heterocycles. The van der Waals surface area contributed by atoms with Gasteiger partial charge in [-0.3, -0.25) is 0 Å². The van der Waals surface area contributed by atoms with Crippen LogP contribution in [0.1, 0.15) is 0 Å². The maximum atomic E-state index is 4.01. The van der Waals surface area contributed by atoms with E-state index in [1.165, 1.54) is 0 Å². The van der Waals surface area contributed by atoms with Crippen molar-refractivity contribution in [2.24, 2.45) is 0 Å². The molecule has 0 N–H and O–H groups in total. The molecule has 2 aromatic carbocycles. The summed E-state index contributed by atoms with van der Waals surface area (Å²) in [6, 6.07) is 15.6. The summed E-state index contributed by atoms with van der Waals surface area (Å²) in [6.07, 6.45) is 3.15. The molecule has 4 nitrogen and oxygen atoms in total. The third kappa shape index (κ3) is 3.01. The topological polar surface area (TPSA) is 54.0 Å². The van der Waals surface area contributed by atoms with E-state index in [9.17, 15) is 0 Å². The van der Waals surface area contributed by atoms with Gasteiger partial charge in [0.15, 0.2) is 0 Å². The minimum absolute atomic E-state index is 0.